The highest BCUT2D eigenvalue weighted by molar-refractivity contribution is 5.85. The number of likely N-dealkylation sites (N-methyl/N-ethyl adjacent to an activating group) is 1. The van der Waals surface area contributed by atoms with E-state index in [0.29, 0.717) is 0 Å². The van der Waals surface area contributed by atoms with Crippen LogP contribution in [0.3, 0.4) is 0 Å². The molecular formula is C17H27ClN2O. The first-order chi connectivity index (χ1) is 9.68. The van der Waals surface area contributed by atoms with Gasteiger partial charge in [-0.05, 0) is 17.9 Å². The summed E-state index contributed by atoms with van der Waals surface area (Å²) in [6.07, 6.45) is 7.85. The Balaban J connectivity index is 0.00000220. The van der Waals surface area contributed by atoms with Crippen LogP contribution in [0, 0.1) is 5.92 Å². The fourth-order valence-corrected chi connectivity index (χ4v) is 3.00. The molecular weight excluding hydrogens is 284 g/mol. The van der Waals surface area contributed by atoms with Crippen LogP contribution in [0.15, 0.2) is 30.3 Å². The number of nitrogens with zero attached hydrogens (tertiary/aromatic N) is 1. The highest BCUT2D eigenvalue weighted by Crippen LogP contribution is 2.26. The van der Waals surface area contributed by atoms with E-state index >= 15 is 0 Å². The molecule has 0 saturated heterocycles. The second-order valence-electron chi connectivity index (χ2n) is 5.94. The predicted molar refractivity (Wildman–Crippen MR) is 89.4 cm³/mol. The molecule has 0 heterocycles. The summed E-state index contributed by atoms with van der Waals surface area (Å²) < 4.78 is 0. The van der Waals surface area contributed by atoms with Gasteiger partial charge in [-0.2, -0.15) is 0 Å². The molecule has 1 unspecified atom stereocenters. The molecule has 1 atom stereocenters. The fourth-order valence-electron chi connectivity index (χ4n) is 3.00. The van der Waals surface area contributed by atoms with E-state index in [1.807, 2.05) is 37.4 Å². The van der Waals surface area contributed by atoms with Crippen molar-refractivity contribution in [1.82, 2.24) is 4.90 Å². The maximum absolute atomic E-state index is 12.3. The summed E-state index contributed by atoms with van der Waals surface area (Å²) >= 11 is 0. The van der Waals surface area contributed by atoms with Crippen molar-refractivity contribution in [3.8, 4) is 0 Å². The zero-order chi connectivity index (χ0) is 14.4. The third-order valence-corrected chi connectivity index (χ3v) is 4.40. The van der Waals surface area contributed by atoms with Gasteiger partial charge in [0.2, 0.25) is 5.91 Å². The number of hydrogen-bond donors (Lipinski definition) is 1. The fraction of sp³-hybridized carbons (Fsp3) is 0.588. The summed E-state index contributed by atoms with van der Waals surface area (Å²) in [6, 6.07) is 9.07. The third kappa shape index (κ3) is 5.33. The lowest BCUT2D eigenvalue weighted by Crippen LogP contribution is -2.37. The Morgan fingerprint density at radius 1 is 1.24 bits per heavy atom. The minimum atomic E-state index is -0.535. The number of amides is 1. The van der Waals surface area contributed by atoms with Gasteiger partial charge in [0.15, 0.2) is 0 Å². The van der Waals surface area contributed by atoms with E-state index in [0.717, 1.165) is 24.4 Å². The van der Waals surface area contributed by atoms with Gasteiger partial charge in [-0.3, -0.25) is 4.79 Å². The Morgan fingerprint density at radius 3 is 2.48 bits per heavy atom. The summed E-state index contributed by atoms with van der Waals surface area (Å²) in [4.78, 5) is 14.1. The molecule has 0 aromatic heterocycles. The number of carbonyl (C=O) groups is 1. The Hall–Kier alpha value is -1.06. The van der Waals surface area contributed by atoms with Gasteiger partial charge in [0.05, 0.1) is 0 Å². The lowest BCUT2D eigenvalue weighted by molar-refractivity contribution is -0.131. The van der Waals surface area contributed by atoms with Crippen molar-refractivity contribution >= 4 is 18.3 Å². The average molecular weight is 311 g/mol. The zero-order valence-corrected chi connectivity index (χ0v) is 13.6. The lowest BCUT2D eigenvalue weighted by atomic mass is 9.87. The summed E-state index contributed by atoms with van der Waals surface area (Å²) in [5, 5.41) is 0. The van der Waals surface area contributed by atoms with Gasteiger partial charge in [0.1, 0.15) is 6.04 Å². The standard InChI is InChI=1S/C17H26N2O.ClH/c1-19(13-12-14-8-4-2-5-9-14)17(20)16(18)15-10-6-3-7-11-15;/h3,6-7,10-11,14,16H,2,4-5,8-9,12-13,18H2,1H3;1H. The SMILES string of the molecule is CN(CCC1CCCCC1)C(=O)C(N)c1ccccc1.Cl. The third-order valence-electron chi connectivity index (χ3n) is 4.40. The number of nitrogens with two attached hydrogens (primary N) is 1. The van der Waals surface area contributed by atoms with Gasteiger partial charge in [-0.15, -0.1) is 12.4 Å². The van der Waals surface area contributed by atoms with Crippen LogP contribution in [0.25, 0.3) is 0 Å². The van der Waals surface area contributed by atoms with E-state index in [2.05, 4.69) is 0 Å². The van der Waals surface area contributed by atoms with Crippen LogP contribution in [-0.2, 0) is 4.79 Å². The minimum absolute atomic E-state index is 0. The Kier molecular flexibility index (Phi) is 7.76. The Labute approximate surface area is 134 Å². The van der Waals surface area contributed by atoms with Crippen LogP contribution in [-0.4, -0.2) is 24.4 Å². The van der Waals surface area contributed by atoms with Gasteiger partial charge in [0.25, 0.3) is 0 Å². The normalized spacial score (nSPS) is 16.9. The van der Waals surface area contributed by atoms with Crippen LogP contribution in [0.5, 0.6) is 0 Å². The van der Waals surface area contributed by atoms with Crippen LogP contribution >= 0.6 is 12.4 Å². The molecule has 0 bridgehead atoms. The molecule has 0 aliphatic heterocycles. The first kappa shape index (κ1) is 18.0. The molecule has 3 nitrogen and oxygen atoms in total. The van der Waals surface area contributed by atoms with Crippen molar-refractivity contribution in [3.63, 3.8) is 0 Å². The van der Waals surface area contributed by atoms with Crippen molar-refractivity contribution in [2.45, 2.75) is 44.6 Å². The molecule has 1 aromatic carbocycles. The van der Waals surface area contributed by atoms with Crippen LogP contribution in [0.2, 0.25) is 0 Å². The first-order valence-electron chi connectivity index (χ1n) is 7.74. The van der Waals surface area contributed by atoms with Gasteiger partial charge < -0.3 is 10.6 Å². The number of hydrogen-bond acceptors (Lipinski definition) is 2. The number of halogens is 1. The summed E-state index contributed by atoms with van der Waals surface area (Å²) in [5.74, 6) is 0.818. The number of carbonyl (C=O) groups excluding carboxylic acids is 1. The minimum Gasteiger partial charge on any atom is -0.344 e. The second kappa shape index (κ2) is 9.06. The van der Waals surface area contributed by atoms with E-state index in [1.54, 1.807) is 4.90 Å². The average Bonchev–Trinajstić information content (AvgIpc) is 2.53. The molecule has 2 rings (SSSR count). The molecule has 0 spiro atoms. The molecule has 1 aromatic rings. The van der Waals surface area contributed by atoms with Crippen molar-refractivity contribution < 1.29 is 4.79 Å². The van der Waals surface area contributed by atoms with E-state index in [-0.39, 0.29) is 18.3 Å². The summed E-state index contributed by atoms with van der Waals surface area (Å²) in [7, 11) is 1.87. The van der Waals surface area contributed by atoms with Crippen LogP contribution < -0.4 is 5.73 Å². The maximum Gasteiger partial charge on any atom is 0.243 e. The first-order valence-corrected chi connectivity index (χ1v) is 7.74. The van der Waals surface area contributed by atoms with Crippen molar-refractivity contribution in [3.05, 3.63) is 35.9 Å². The van der Waals surface area contributed by atoms with Crippen LogP contribution in [0.4, 0.5) is 0 Å². The van der Waals surface area contributed by atoms with Crippen molar-refractivity contribution in [1.29, 1.82) is 0 Å². The molecule has 1 amide bonds. The van der Waals surface area contributed by atoms with Crippen LogP contribution in [0.1, 0.15) is 50.1 Å². The van der Waals surface area contributed by atoms with E-state index in [9.17, 15) is 4.79 Å². The lowest BCUT2D eigenvalue weighted by Gasteiger charge is -2.26. The summed E-state index contributed by atoms with van der Waals surface area (Å²) in [6.45, 7) is 0.823. The van der Waals surface area contributed by atoms with Crippen molar-refractivity contribution in [2.75, 3.05) is 13.6 Å². The topological polar surface area (TPSA) is 46.3 Å². The number of benzene rings is 1. The number of rotatable bonds is 5. The molecule has 0 radical (unpaired) electrons. The smallest absolute Gasteiger partial charge is 0.243 e. The van der Waals surface area contributed by atoms with E-state index in [1.165, 1.54) is 32.1 Å². The summed E-state index contributed by atoms with van der Waals surface area (Å²) in [5.41, 5.74) is 6.95. The van der Waals surface area contributed by atoms with Gasteiger partial charge in [-0.25, -0.2) is 0 Å². The maximum atomic E-state index is 12.3. The Bertz CT molecular complexity index is 418. The molecule has 4 heteroatoms. The predicted octanol–water partition coefficient (Wildman–Crippen LogP) is 3.54. The molecule has 118 valence electrons. The largest absolute Gasteiger partial charge is 0.344 e. The molecule has 1 aliphatic carbocycles. The molecule has 2 N–H and O–H groups in total. The Morgan fingerprint density at radius 2 is 1.86 bits per heavy atom. The molecule has 1 fully saturated rings. The quantitative estimate of drug-likeness (QED) is 0.904. The molecule has 1 aliphatic rings. The highest BCUT2D eigenvalue weighted by atomic mass is 35.5. The van der Waals surface area contributed by atoms with E-state index in [4.69, 9.17) is 5.73 Å². The highest BCUT2D eigenvalue weighted by Gasteiger charge is 2.21. The van der Waals surface area contributed by atoms with Crippen molar-refractivity contribution in [2.24, 2.45) is 11.7 Å². The van der Waals surface area contributed by atoms with Gasteiger partial charge >= 0.3 is 0 Å². The monoisotopic (exact) mass is 310 g/mol. The molecule has 21 heavy (non-hydrogen) atoms. The second-order valence-corrected chi connectivity index (χ2v) is 5.94. The van der Waals surface area contributed by atoms with Gasteiger partial charge in [0, 0.05) is 13.6 Å². The van der Waals surface area contributed by atoms with Gasteiger partial charge in [-0.1, -0.05) is 62.4 Å². The van der Waals surface area contributed by atoms with E-state index < -0.39 is 6.04 Å². The zero-order valence-electron chi connectivity index (χ0n) is 12.8. The molecule has 1 saturated carbocycles.